The molecule has 0 spiro atoms. The van der Waals surface area contributed by atoms with Crippen LogP contribution in [0.15, 0.2) is 0 Å². The zero-order valence-electron chi connectivity index (χ0n) is 2.53. The van der Waals surface area contributed by atoms with E-state index in [0.29, 0.717) is 0 Å². The van der Waals surface area contributed by atoms with E-state index in [1.807, 2.05) is 0 Å². The van der Waals surface area contributed by atoms with E-state index >= 15 is 0 Å². The van der Waals surface area contributed by atoms with Crippen LogP contribution in [0, 0.1) is 0 Å². The quantitative estimate of drug-likeness (QED) is 0.488. The van der Waals surface area contributed by atoms with Gasteiger partial charge in [0.1, 0.15) is 0 Å². The molecule has 2 nitrogen and oxygen atoms in total. The molecule has 0 aromatic carbocycles. The molecule has 0 aromatic rings. The summed E-state index contributed by atoms with van der Waals surface area (Å²) in [6.07, 6.45) is 0. The normalized spacial score (nSPS) is 0. The average molecular weight is 209 g/mol. The molecular weight excluding hydrogens is 202 g/mol. The van der Waals surface area contributed by atoms with Gasteiger partial charge in [0.05, 0.1) is 0 Å². The molecule has 51 valence electrons. The molecule has 0 rings (SSSR count). The van der Waals surface area contributed by atoms with E-state index in [0.717, 1.165) is 0 Å². The topological polar surface area (TPSA) is 63.0 Å². The first-order valence-electron chi connectivity index (χ1n) is 0. The van der Waals surface area contributed by atoms with Crippen molar-refractivity contribution in [2.75, 3.05) is 0 Å². The molecule has 0 atom stereocenters. The Kier molecular flexibility index (Phi) is 2930. The second-order valence-corrected chi connectivity index (χ2v) is 0. The molecule has 0 aromatic heterocycles. The van der Waals surface area contributed by atoms with Gasteiger partial charge < -0.3 is 11.0 Å². The fourth-order valence-electron chi connectivity index (χ4n) is 0. The Morgan fingerprint density at radius 3 is 0.500 bits per heavy atom. The van der Waals surface area contributed by atoms with Gasteiger partial charge in [0.15, 0.2) is 0 Å². The van der Waals surface area contributed by atoms with Crippen molar-refractivity contribution in [3.8, 4) is 0 Å². The van der Waals surface area contributed by atoms with Gasteiger partial charge in [-0.3, -0.25) is 0 Å². The van der Waals surface area contributed by atoms with Gasteiger partial charge in [-0.05, 0) is 0 Å². The van der Waals surface area contributed by atoms with Gasteiger partial charge >= 0.3 is 0 Å². The van der Waals surface area contributed by atoms with E-state index in [-0.39, 0.29) is 65.2 Å². The van der Waals surface area contributed by atoms with Crippen molar-refractivity contribution in [3.63, 3.8) is 0 Å². The Labute approximate surface area is 65.4 Å². The monoisotopic (exact) mass is 207 g/mol. The van der Waals surface area contributed by atoms with E-state index in [4.69, 9.17) is 0 Å². The first-order valence-corrected chi connectivity index (χ1v) is 0. The second-order valence-electron chi connectivity index (χ2n) is 0. The predicted octanol–water partition coefficient (Wildman–Crippen LogP) is -0.386. The Bertz CT molecular complexity index is 8.75. The Hall–Kier alpha value is 1.31. The molecule has 4 N–H and O–H groups in total. The minimum absolute atomic E-state index is 0. The van der Waals surface area contributed by atoms with Crippen molar-refractivity contribution >= 4 is 37.2 Å². The maximum absolute atomic E-state index is 0. The van der Waals surface area contributed by atoms with Crippen LogP contribution in [0.2, 0.25) is 0 Å². The fraction of sp³-hybridized carbons (Fsp3) is 0. The summed E-state index contributed by atoms with van der Waals surface area (Å²) in [5.74, 6) is 0. The summed E-state index contributed by atoms with van der Waals surface area (Å²) in [6, 6.07) is 0. The van der Waals surface area contributed by atoms with Crippen molar-refractivity contribution in [2.24, 2.45) is 0 Å². The molecule has 6 heavy (non-hydrogen) atoms. The van der Waals surface area contributed by atoms with E-state index in [9.17, 15) is 0 Å². The van der Waals surface area contributed by atoms with Crippen LogP contribution in [0.1, 0.15) is 0 Å². The molecule has 0 saturated heterocycles. The van der Waals surface area contributed by atoms with Crippen molar-refractivity contribution in [1.82, 2.24) is 0 Å². The summed E-state index contributed by atoms with van der Waals surface area (Å²) in [6.45, 7) is 0. The van der Waals surface area contributed by atoms with Crippen LogP contribution in [0.25, 0.3) is 0 Å². The van der Waals surface area contributed by atoms with Crippen molar-refractivity contribution in [3.05, 3.63) is 0 Å². The van der Waals surface area contributed by atoms with Gasteiger partial charge in [-0.1, -0.05) is 0 Å². The number of rotatable bonds is 0. The molecule has 6 heteroatoms. The molecule has 1 radical (unpaired) electrons. The average Bonchev–Trinajstić information content (AvgIpc) is 0. The van der Waals surface area contributed by atoms with Gasteiger partial charge in [-0.15, -0.1) is 37.2 Å². The Morgan fingerprint density at radius 2 is 0.500 bits per heavy atom. The van der Waals surface area contributed by atoms with Crippen LogP contribution >= 0.6 is 37.2 Å². The third-order valence-electron chi connectivity index (χ3n) is 0. The molecule has 0 bridgehead atoms. The summed E-state index contributed by atoms with van der Waals surface area (Å²) >= 11 is 0. The maximum atomic E-state index is 0. The van der Waals surface area contributed by atoms with Crippen molar-refractivity contribution < 1.29 is 28.0 Å². The third-order valence-corrected chi connectivity index (χ3v) is 0. The Balaban J connectivity index is 0. The van der Waals surface area contributed by atoms with Gasteiger partial charge in [-0.2, -0.15) is 0 Å². The maximum Gasteiger partial charge on any atom is 0 e. The smallest absolute Gasteiger partial charge is 0 e. The van der Waals surface area contributed by atoms with Gasteiger partial charge in [0, 0.05) is 17.1 Å². The molecule has 0 amide bonds. The summed E-state index contributed by atoms with van der Waals surface area (Å²) in [7, 11) is 0. The molecular formula is H7Cl3CuO2. The van der Waals surface area contributed by atoms with Crippen LogP contribution in [-0.4, -0.2) is 11.0 Å². The minimum Gasteiger partial charge on any atom is -0.412 e. The number of hydrogen-bond acceptors (Lipinski definition) is 0. The van der Waals surface area contributed by atoms with E-state index in [2.05, 4.69) is 0 Å². The summed E-state index contributed by atoms with van der Waals surface area (Å²) in [5, 5.41) is 0. The fourth-order valence-corrected chi connectivity index (χ4v) is 0. The molecule has 0 unspecified atom stereocenters. The second kappa shape index (κ2) is 104. The SMILES string of the molecule is Cl.Cl.Cl.O.O.[Cu]. The molecule has 0 aliphatic rings. The first-order chi connectivity index (χ1) is 0. The van der Waals surface area contributed by atoms with Crippen LogP contribution in [-0.2, 0) is 17.1 Å². The first kappa shape index (κ1) is 170. The predicted molar refractivity (Wildman–Crippen MR) is 29.0 cm³/mol. The van der Waals surface area contributed by atoms with Gasteiger partial charge in [0.2, 0.25) is 0 Å². The van der Waals surface area contributed by atoms with Gasteiger partial charge in [0.25, 0.3) is 0 Å². The number of hydrogen-bond donors (Lipinski definition) is 0. The molecule has 0 fully saturated rings. The van der Waals surface area contributed by atoms with E-state index < -0.39 is 0 Å². The Morgan fingerprint density at radius 1 is 0.500 bits per heavy atom. The molecule has 0 aliphatic heterocycles. The van der Waals surface area contributed by atoms with Crippen LogP contribution < -0.4 is 0 Å². The van der Waals surface area contributed by atoms with E-state index in [1.165, 1.54) is 0 Å². The zero-order chi connectivity index (χ0) is 0. The summed E-state index contributed by atoms with van der Waals surface area (Å²) in [5.41, 5.74) is 0. The van der Waals surface area contributed by atoms with Crippen LogP contribution in [0.4, 0.5) is 0 Å². The molecule has 0 heterocycles. The summed E-state index contributed by atoms with van der Waals surface area (Å²) < 4.78 is 0. The van der Waals surface area contributed by atoms with Crippen LogP contribution in [0.3, 0.4) is 0 Å². The zero-order valence-corrected chi connectivity index (χ0v) is 5.92. The largest absolute Gasteiger partial charge is 0.412 e. The third kappa shape index (κ3) is 57.5. The van der Waals surface area contributed by atoms with Crippen molar-refractivity contribution in [1.29, 1.82) is 0 Å². The number of halogens is 3. The summed E-state index contributed by atoms with van der Waals surface area (Å²) in [4.78, 5) is 0. The standard InChI is InChI=1S/3ClH.Cu.2H2O/h3*1H;;2*1H2. The van der Waals surface area contributed by atoms with Crippen molar-refractivity contribution in [2.45, 2.75) is 0 Å². The van der Waals surface area contributed by atoms with Crippen LogP contribution in [0.5, 0.6) is 0 Å². The minimum atomic E-state index is 0. The molecule has 0 aliphatic carbocycles. The van der Waals surface area contributed by atoms with E-state index in [1.54, 1.807) is 0 Å². The molecule has 0 saturated carbocycles. The van der Waals surface area contributed by atoms with Gasteiger partial charge in [-0.25, -0.2) is 0 Å².